The molecule has 0 aliphatic heterocycles. The third kappa shape index (κ3) is 7.54. The van der Waals surface area contributed by atoms with Gasteiger partial charge in [-0.25, -0.2) is 4.79 Å². The largest absolute Gasteiger partial charge is 0.504 e. The molecule has 0 saturated heterocycles. The molecule has 1 amide bonds. The van der Waals surface area contributed by atoms with Crippen LogP contribution in [0.25, 0.3) is 0 Å². The standard InChI is InChI=1S/C16H24N2O4/c1-16(2,3)22-15(21)18-9-5-4-8-17-11-12-6-7-13(19)14(20)10-12/h4-7,10,17,19-20H,8-9,11H2,1-3H3,(H,18,21)/b5-4+. The Morgan fingerprint density at radius 1 is 1.18 bits per heavy atom. The van der Waals surface area contributed by atoms with Gasteiger partial charge in [0, 0.05) is 19.6 Å². The van der Waals surface area contributed by atoms with Gasteiger partial charge in [0.1, 0.15) is 5.60 Å². The first-order valence-corrected chi connectivity index (χ1v) is 7.11. The fourth-order valence-corrected chi connectivity index (χ4v) is 1.60. The first-order valence-electron chi connectivity index (χ1n) is 7.11. The van der Waals surface area contributed by atoms with Crippen LogP contribution in [0.1, 0.15) is 26.3 Å². The van der Waals surface area contributed by atoms with E-state index in [-0.39, 0.29) is 11.5 Å². The average molecular weight is 308 g/mol. The second-order valence-corrected chi connectivity index (χ2v) is 5.81. The molecule has 0 radical (unpaired) electrons. The van der Waals surface area contributed by atoms with E-state index in [0.29, 0.717) is 19.6 Å². The number of phenols is 2. The Hall–Kier alpha value is -2.21. The number of aromatic hydroxyl groups is 2. The number of carbonyl (C=O) groups excluding carboxylic acids is 1. The lowest BCUT2D eigenvalue weighted by Crippen LogP contribution is -2.32. The fourth-order valence-electron chi connectivity index (χ4n) is 1.60. The number of ether oxygens (including phenoxy) is 1. The highest BCUT2D eigenvalue weighted by Gasteiger charge is 2.14. The molecule has 0 aliphatic rings. The topological polar surface area (TPSA) is 90.8 Å². The molecule has 0 aliphatic carbocycles. The Labute approximate surface area is 130 Å². The number of rotatable bonds is 6. The predicted octanol–water partition coefficient (Wildman–Crippen LogP) is 2.27. The number of hydrogen-bond donors (Lipinski definition) is 4. The molecule has 1 rings (SSSR count). The minimum atomic E-state index is -0.495. The summed E-state index contributed by atoms with van der Waals surface area (Å²) < 4.78 is 5.10. The Morgan fingerprint density at radius 3 is 2.50 bits per heavy atom. The van der Waals surface area contributed by atoms with Gasteiger partial charge >= 0.3 is 6.09 Å². The van der Waals surface area contributed by atoms with Crippen LogP contribution >= 0.6 is 0 Å². The molecule has 0 heterocycles. The van der Waals surface area contributed by atoms with Crippen molar-refractivity contribution in [3.05, 3.63) is 35.9 Å². The molecule has 0 saturated carbocycles. The molecule has 0 atom stereocenters. The van der Waals surface area contributed by atoms with Crippen LogP contribution in [0.3, 0.4) is 0 Å². The maximum Gasteiger partial charge on any atom is 0.407 e. The molecule has 22 heavy (non-hydrogen) atoms. The van der Waals surface area contributed by atoms with Crippen molar-refractivity contribution in [2.75, 3.05) is 13.1 Å². The molecular weight excluding hydrogens is 284 g/mol. The molecular formula is C16H24N2O4. The molecule has 0 bridgehead atoms. The maximum atomic E-state index is 11.4. The van der Waals surface area contributed by atoms with Crippen LogP contribution in [0.4, 0.5) is 4.79 Å². The van der Waals surface area contributed by atoms with Crippen LogP contribution in [-0.4, -0.2) is 35.0 Å². The molecule has 6 nitrogen and oxygen atoms in total. The van der Waals surface area contributed by atoms with Gasteiger partial charge in [-0.1, -0.05) is 18.2 Å². The van der Waals surface area contributed by atoms with E-state index in [0.717, 1.165) is 5.56 Å². The SMILES string of the molecule is CC(C)(C)OC(=O)NC/C=C/CNCc1ccc(O)c(O)c1. The lowest BCUT2D eigenvalue weighted by Gasteiger charge is -2.19. The number of phenolic OH excluding ortho intramolecular Hbond substituents is 2. The predicted molar refractivity (Wildman–Crippen MR) is 84.9 cm³/mol. The Bertz CT molecular complexity index is 521. The zero-order valence-electron chi connectivity index (χ0n) is 13.2. The molecule has 122 valence electrons. The molecule has 1 aromatic rings. The summed E-state index contributed by atoms with van der Waals surface area (Å²) in [7, 11) is 0. The summed E-state index contributed by atoms with van der Waals surface area (Å²) in [6.07, 6.45) is 3.27. The van der Waals surface area contributed by atoms with Crippen molar-refractivity contribution in [1.29, 1.82) is 0 Å². The minimum absolute atomic E-state index is 0.128. The van der Waals surface area contributed by atoms with Crippen molar-refractivity contribution >= 4 is 6.09 Å². The lowest BCUT2D eigenvalue weighted by atomic mass is 10.2. The number of carbonyl (C=O) groups is 1. The summed E-state index contributed by atoms with van der Waals surface area (Å²) in [5.74, 6) is -0.256. The van der Waals surface area contributed by atoms with Crippen molar-refractivity contribution in [2.24, 2.45) is 0 Å². The average Bonchev–Trinajstić information content (AvgIpc) is 2.39. The highest BCUT2D eigenvalue weighted by Crippen LogP contribution is 2.24. The first-order chi connectivity index (χ1) is 10.3. The zero-order chi connectivity index (χ0) is 16.6. The van der Waals surface area contributed by atoms with Gasteiger partial charge < -0.3 is 25.6 Å². The van der Waals surface area contributed by atoms with Gasteiger partial charge in [-0.3, -0.25) is 0 Å². The molecule has 6 heteroatoms. The van der Waals surface area contributed by atoms with Crippen LogP contribution in [0.15, 0.2) is 30.4 Å². The minimum Gasteiger partial charge on any atom is -0.504 e. The maximum absolute atomic E-state index is 11.4. The van der Waals surface area contributed by atoms with E-state index in [1.54, 1.807) is 6.07 Å². The second-order valence-electron chi connectivity index (χ2n) is 5.81. The monoisotopic (exact) mass is 308 g/mol. The second kappa shape index (κ2) is 8.29. The van der Waals surface area contributed by atoms with E-state index in [9.17, 15) is 15.0 Å². The third-order valence-corrected chi connectivity index (χ3v) is 2.56. The zero-order valence-corrected chi connectivity index (χ0v) is 13.2. The smallest absolute Gasteiger partial charge is 0.407 e. The highest BCUT2D eigenvalue weighted by molar-refractivity contribution is 5.67. The van der Waals surface area contributed by atoms with Gasteiger partial charge in [0.25, 0.3) is 0 Å². The number of nitrogens with one attached hydrogen (secondary N) is 2. The summed E-state index contributed by atoms with van der Waals surface area (Å²) in [5.41, 5.74) is 0.376. The summed E-state index contributed by atoms with van der Waals surface area (Å²) >= 11 is 0. The molecule has 0 fully saturated rings. The highest BCUT2D eigenvalue weighted by atomic mass is 16.6. The number of benzene rings is 1. The van der Waals surface area contributed by atoms with E-state index in [4.69, 9.17) is 4.74 Å². The molecule has 4 N–H and O–H groups in total. The van der Waals surface area contributed by atoms with Gasteiger partial charge in [-0.15, -0.1) is 0 Å². The Balaban J connectivity index is 2.16. The van der Waals surface area contributed by atoms with Crippen LogP contribution in [0, 0.1) is 0 Å². The molecule has 0 spiro atoms. The van der Waals surface area contributed by atoms with Crippen LogP contribution < -0.4 is 10.6 Å². The van der Waals surface area contributed by atoms with E-state index >= 15 is 0 Å². The number of amides is 1. The van der Waals surface area contributed by atoms with Gasteiger partial charge in [-0.05, 0) is 38.5 Å². The first kappa shape index (κ1) is 17.8. The fraction of sp³-hybridized carbons (Fsp3) is 0.438. The summed E-state index contributed by atoms with van der Waals surface area (Å²) in [4.78, 5) is 11.4. The third-order valence-electron chi connectivity index (χ3n) is 2.56. The van der Waals surface area contributed by atoms with Crippen molar-refractivity contribution < 1.29 is 19.7 Å². The van der Waals surface area contributed by atoms with Crippen LogP contribution in [0.5, 0.6) is 11.5 Å². The summed E-state index contributed by atoms with van der Waals surface area (Å²) in [6, 6.07) is 4.69. The molecule has 0 unspecified atom stereocenters. The van der Waals surface area contributed by atoms with E-state index < -0.39 is 11.7 Å². The quantitative estimate of drug-likeness (QED) is 0.368. The van der Waals surface area contributed by atoms with E-state index in [2.05, 4.69) is 10.6 Å². The van der Waals surface area contributed by atoms with Crippen molar-refractivity contribution in [1.82, 2.24) is 10.6 Å². The van der Waals surface area contributed by atoms with Crippen LogP contribution in [-0.2, 0) is 11.3 Å². The normalized spacial score (nSPS) is 11.6. The lowest BCUT2D eigenvalue weighted by molar-refractivity contribution is 0.0534. The Kier molecular flexibility index (Phi) is 6.72. The van der Waals surface area contributed by atoms with E-state index in [1.807, 2.05) is 32.9 Å². The summed E-state index contributed by atoms with van der Waals surface area (Å²) in [5, 5.41) is 24.3. The summed E-state index contributed by atoms with van der Waals surface area (Å²) in [6.45, 7) is 7.03. The van der Waals surface area contributed by atoms with Gasteiger partial charge in [0.05, 0.1) is 0 Å². The Morgan fingerprint density at radius 2 is 1.86 bits per heavy atom. The van der Waals surface area contributed by atoms with Crippen molar-refractivity contribution in [3.63, 3.8) is 0 Å². The number of hydrogen-bond acceptors (Lipinski definition) is 5. The van der Waals surface area contributed by atoms with Crippen LogP contribution in [0.2, 0.25) is 0 Å². The molecule has 1 aromatic carbocycles. The van der Waals surface area contributed by atoms with Crippen molar-refractivity contribution in [2.45, 2.75) is 32.9 Å². The number of alkyl carbamates (subject to hydrolysis) is 1. The van der Waals surface area contributed by atoms with E-state index in [1.165, 1.54) is 12.1 Å². The van der Waals surface area contributed by atoms with Gasteiger partial charge in [0.15, 0.2) is 11.5 Å². The van der Waals surface area contributed by atoms with Crippen molar-refractivity contribution in [3.8, 4) is 11.5 Å². The van der Waals surface area contributed by atoms with Gasteiger partial charge in [0.2, 0.25) is 0 Å². The molecule has 0 aromatic heterocycles. The van der Waals surface area contributed by atoms with Gasteiger partial charge in [-0.2, -0.15) is 0 Å².